The molecule has 0 atom stereocenters. The van der Waals surface area contributed by atoms with E-state index in [2.05, 4.69) is 34.6 Å². The molecule has 4 aromatic rings. The van der Waals surface area contributed by atoms with Gasteiger partial charge in [-0.3, -0.25) is 4.79 Å². The Morgan fingerprint density at radius 2 is 1.56 bits per heavy atom. The van der Waals surface area contributed by atoms with Crippen molar-refractivity contribution < 1.29 is 9.53 Å². The molecule has 0 bridgehead atoms. The maximum Gasteiger partial charge on any atom is 0.226 e. The number of carbonyl (C=O) groups is 1. The van der Waals surface area contributed by atoms with Crippen LogP contribution in [-0.4, -0.2) is 17.4 Å². The standard InChI is InChI=1S/C27H26N2O2S/c1-20-12-14-24(15-13-20)31-18-27-29-23(19-32-27)16-26(30)28-17-25(21-8-4-2-5-9-21)22-10-6-3-7-11-22/h2-15,19,25H,16-18H2,1H3,(H,28,30). The molecule has 1 aromatic heterocycles. The minimum absolute atomic E-state index is 0.0295. The van der Waals surface area contributed by atoms with Gasteiger partial charge in [-0.05, 0) is 30.2 Å². The highest BCUT2D eigenvalue weighted by molar-refractivity contribution is 7.09. The third-order valence-electron chi connectivity index (χ3n) is 5.23. The predicted molar refractivity (Wildman–Crippen MR) is 129 cm³/mol. The molecule has 4 rings (SSSR count). The lowest BCUT2D eigenvalue weighted by Crippen LogP contribution is -2.30. The molecule has 0 aliphatic heterocycles. The van der Waals surface area contributed by atoms with Crippen LogP contribution in [0, 0.1) is 6.92 Å². The van der Waals surface area contributed by atoms with Crippen molar-refractivity contribution in [3.8, 4) is 5.75 Å². The number of carbonyl (C=O) groups excluding carboxylic acids is 1. The van der Waals surface area contributed by atoms with E-state index in [-0.39, 0.29) is 18.2 Å². The van der Waals surface area contributed by atoms with E-state index >= 15 is 0 Å². The van der Waals surface area contributed by atoms with Crippen molar-refractivity contribution in [2.75, 3.05) is 6.54 Å². The number of hydrogen-bond acceptors (Lipinski definition) is 4. The van der Waals surface area contributed by atoms with Crippen molar-refractivity contribution in [3.63, 3.8) is 0 Å². The lowest BCUT2D eigenvalue weighted by atomic mass is 9.91. The van der Waals surface area contributed by atoms with Gasteiger partial charge in [-0.25, -0.2) is 4.98 Å². The number of hydrogen-bond donors (Lipinski definition) is 1. The van der Waals surface area contributed by atoms with Crippen molar-refractivity contribution in [1.29, 1.82) is 0 Å². The van der Waals surface area contributed by atoms with E-state index in [0.29, 0.717) is 13.2 Å². The molecule has 0 radical (unpaired) electrons. The van der Waals surface area contributed by atoms with Crippen molar-refractivity contribution in [2.45, 2.75) is 25.9 Å². The number of rotatable bonds is 9. The summed E-state index contributed by atoms with van der Waals surface area (Å²) in [4.78, 5) is 17.2. The summed E-state index contributed by atoms with van der Waals surface area (Å²) in [5.74, 6) is 0.895. The number of aryl methyl sites for hydroxylation is 1. The Bertz CT molecular complexity index is 1090. The molecule has 0 aliphatic carbocycles. The monoisotopic (exact) mass is 442 g/mol. The molecule has 0 saturated carbocycles. The lowest BCUT2D eigenvalue weighted by molar-refractivity contribution is -0.120. The highest BCUT2D eigenvalue weighted by atomic mass is 32.1. The molecule has 5 heteroatoms. The zero-order valence-electron chi connectivity index (χ0n) is 18.0. The minimum atomic E-state index is -0.0295. The van der Waals surface area contributed by atoms with Gasteiger partial charge in [0.15, 0.2) is 0 Å². The summed E-state index contributed by atoms with van der Waals surface area (Å²) in [6.45, 7) is 2.99. The maximum absolute atomic E-state index is 12.6. The highest BCUT2D eigenvalue weighted by Gasteiger charge is 2.16. The summed E-state index contributed by atoms with van der Waals surface area (Å²) < 4.78 is 5.79. The Balaban J connectivity index is 1.32. The molecule has 1 N–H and O–H groups in total. The van der Waals surface area contributed by atoms with Crippen LogP contribution in [0.5, 0.6) is 5.75 Å². The smallest absolute Gasteiger partial charge is 0.226 e. The predicted octanol–water partition coefficient (Wildman–Crippen LogP) is 5.52. The SMILES string of the molecule is Cc1ccc(OCc2nc(CC(=O)NCC(c3ccccc3)c3ccccc3)cs2)cc1. The molecule has 0 unspecified atom stereocenters. The van der Waals surface area contributed by atoms with Crippen LogP contribution in [0.2, 0.25) is 0 Å². The van der Waals surface area contributed by atoms with E-state index in [1.54, 1.807) is 0 Å². The largest absolute Gasteiger partial charge is 0.486 e. The molecular formula is C27H26N2O2S. The van der Waals surface area contributed by atoms with Gasteiger partial charge in [0, 0.05) is 17.8 Å². The van der Waals surface area contributed by atoms with Gasteiger partial charge in [-0.15, -0.1) is 11.3 Å². The number of ether oxygens (including phenoxy) is 1. The first-order chi connectivity index (χ1) is 15.7. The molecule has 0 fully saturated rings. The quantitative estimate of drug-likeness (QED) is 0.371. The Labute approximate surface area is 192 Å². The third-order valence-corrected chi connectivity index (χ3v) is 6.10. The normalized spacial score (nSPS) is 10.8. The van der Waals surface area contributed by atoms with Crippen molar-refractivity contribution in [2.24, 2.45) is 0 Å². The third kappa shape index (κ3) is 6.05. The Hall–Kier alpha value is -3.44. The van der Waals surface area contributed by atoms with E-state index in [1.165, 1.54) is 28.0 Å². The van der Waals surface area contributed by atoms with Gasteiger partial charge in [0.05, 0.1) is 12.1 Å². The Morgan fingerprint density at radius 3 is 2.19 bits per heavy atom. The average Bonchev–Trinajstić information content (AvgIpc) is 3.27. The van der Waals surface area contributed by atoms with E-state index in [1.807, 2.05) is 73.0 Å². The summed E-state index contributed by atoms with van der Waals surface area (Å²) >= 11 is 1.52. The van der Waals surface area contributed by atoms with Gasteiger partial charge < -0.3 is 10.1 Å². The summed E-state index contributed by atoms with van der Waals surface area (Å²) in [7, 11) is 0. The van der Waals surface area contributed by atoms with Gasteiger partial charge in [0.2, 0.25) is 5.91 Å². The summed E-state index contributed by atoms with van der Waals surface area (Å²) in [6.07, 6.45) is 0.261. The van der Waals surface area contributed by atoms with Crippen LogP contribution in [0.1, 0.15) is 33.3 Å². The maximum atomic E-state index is 12.6. The first-order valence-electron chi connectivity index (χ1n) is 10.7. The Kier molecular flexibility index (Phi) is 7.31. The lowest BCUT2D eigenvalue weighted by Gasteiger charge is -2.18. The number of thiazole rings is 1. The second kappa shape index (κ2) is 10.7. The topological polar surface area (TPSA) is 51.2 Å². The molecular weight excluding hydrogens is 416 g/mol. The first-order valence-corrected chi connectivity index (χ1v) is 11.5. The van der Waals surface area contributed by atoms with Crippen LogP contribution in [0.25, 0.3) is 0 Å². The second-order valence-electron chi connectivity index (χ2n) is 7.69. The molecule has 3 aromatic carbocycles. The van der Waals surface area contributed by atoms with Gasteiger partial charge in [-0.1, -0.05) is 78.4 Å². The first kappa shape index (κ1) is 21.8. The van der Waals surface area contributed by atoms with Crippen LogP contribution in [0.15, 0.2) is 90.3 Å². The van der Waals surface area contributed by atoms with Gasteiger partial charge >= 0.3 is 0 Å². The molecule has 162 valence electrons. The molecule has 1 heterocycles. The number of amides is 1. The van der Waals surface area contributed by atoms with E-state index in [4.69, 9.17) is 4.74 Å². The molecule has 0 aliphatic rings. The van der Waals surface area contributed by atoms with Crippen LogP contribution in [0.3, 0.4) is 0 Å². The van der Waals surface area contributed by atoms with Crippen LogP contribution in [-0.2, 0) is 17.8 Å². The number of nitrogens with one attached hydrogen (secondary N) is 1. The molecule has 4 nitrogen and oxygen atoms in total. The van der Waals surface area contributed by atoms with Gasteiger partial charge in [-0.2, -0.15) is 0 Å². The molecule has 32 heavy (non-hydrogen) atoms. The highest BCUT2D eigenvalue weighted by Crippen LogP contribution is 2.24. The van der Waals surface area contributed by atoms with Gasteiger partial charge in [0.25, 0.3) is 0 Å². The van der Waals surface area contributed by atoms with Gasteiger partial charge in [0.1, 0.15) is 17.4 Å². The number of benzene rings is 3. The fraction of sp³-hybridized carbons (Fsp3) is 0.185. The molecule has 0 spiro atoms. The number of nitrogens with zero attached hydrogens (tertiary/aromatic N) is 1. The van der Waals surface area contributed by atoms with Crippen LogP contribution in [0.4, 0.5) is 0 Å². The fourth-order valence-corrected chi connectivity index (χ4v) is 4.22. The van der Waals surface area contributed by atoms with Crippen LogP contribution >= 0.6 is 11.3 Å². The van der Waals surface area contributed by atoms with Crippen LogP contribution < -0.4 is 10.1 Å². The van der Waals surface area contributed by atoms with E-state index in [0.717, 1.165) is 16.5 Å². The minimum Gasteiger partial charge on any atom is -0.486 e. The summed E-state index contributed by atoms with van der Waals surface area (Å²) in [6, 6.07) is 28.5. The molecule has 1 amide bonds. The van der Waals surface area contributed by atoms with Crippen molar-refractivity contribution >= 4 is 17.2 Å². The zero-order chi connectivity index (χ0) is 22.2. The number of aromatic nitrogens is 1. The Morgan fingerprint density at radius 1 is 0.938 bits per heavy atom. The fourth-order valence-electron chi connectivity index (χ4n) is 3.52. The summed E-state index contributed by atoms with van der Waals surface area (Å²) in [5, 5.41) is 5.89. The molecule has 0 saturated heterocycles. The average molecular weight is 443 g/mol. The van der Waals surface area contributed by atoms with E-state index < -0.39 is 0 Å². The summed E-state index contributed by atoms with van der Waals surface area (Å²) in [5.41, 5.74) is 4.33. The van der Waals surface area contributed by atoms with Crippen molar-refractivity contribution in [1.82, 2.24) is 10.3 Å². The van der Waals surface area contributed by atoms with Crippen molar-refractivity contribution in [3.05, 3.63) is 118 Å². The second-order valence-corrected chi connectivity index (χ2v) is 8.63. The van der Waals surface area contributed by atoms with E-state index in [9.17, 15) is 4.79 Å². The zero-order valence-corrected chi connectivity index (χ0v) is 18.8.